The minimum Gasteiger partial charge on any atom is -0.469 e. The number of nitrogens with one attached hydrogen (secondary N) is 2. The summed E-state index contributed by atoms with van der Waals surface area (Å²) < 4.78 is 30.8. The molecule has 0 fully saturated rings. The first kappa shape index (κ1) is 16.4. The van der Waals surface area contributed by atoms with Crippen molar-refractivity contribution in [2.24, 2.45) is 0 Å². The van der Waals surface area contributed by atoms with E-state index in [4.69, 9.17) is 0 Å². The van der Waals surface area contributed by atoms with E-state index in [9.17, 15) is 18.4 Å². The number of esters is 1. The lowest BCUT2D eigenvalue weighted by molar-refractivity contribution is -0.139. The molecule has 0 aliphatic rings. The second-order valence-corrected chi connectivity index (χ2v) is 4.65. The van der Waals surface area contributed by atoms with Crippen LogP contribution in [-0.2, 0) is 16.0 Å². The van der Waals surface area contributed by atoms with Gasteiger partial charge in [0.25, 0.3) is 0 Å². The molecule has 2 aromatic carbocycles. The van der Waals surface area contributed by atoms with Gasteiger partial charge in [0.1, 0.15) is 11.6 Å². The zero-order valence-corrected chi connectivity index (χ0v) is 12.2. The van der Waals surface area contributed by atoms with Crippen LogP contribution in [0.15, 0.2) is 42.5 Å². The molecule has 2 rings (SSSR count). The van der Waals surface area contributed by atoms with Gasteiger partial charge in [0.05, 0.1) is 19.2 Å². The van der Waals surface area contributed by atoms with Crippen molar-refractivity contribution >= 4 is 23.4 Å². The van der Waals surface area contributed by atoms with Gasteiger partial charge in [0, 0.05) is 11.8 Å². The average molecular weight is 320 g/mol. The second-order valence-electron chi connectivity index (χ2n) is 4.65. The number of halogens is 2. The molecule has 23 heavy (non-hydrogen) atoms. The predicted octanol–water partition coefficient (Wildman–Crippen LogP) is 3.32. The van der Waals surface area contributed by atoms with E-state index in [2.05, 4.69) is 15.4 Å². The third kappa shape index (κ3) is 4.77. The number of methoxy groups -OCH3 is 1. The topological polar surface area (TPSA) is 67.4 Å². The Balaban J connectivity index is 1.96. The Morgan fingerprint density at radius 2 is 1.74 bits per heavy atom. The number of carbonyl (C=O) groups is 2. The predicted molar refractivity (Wildman–Crippen MR) is 81.2 cm³/mol. The largest absolute Gasteiger partial charge is 0.469 e. The standard InChI is InChI=1S/C16H14F2N2O3/c1-23-15(21)8-10-2-5-12(6-3-10)19-16(22)20-14-7-4-11(17)9-13(14)18/h2-7,9H,8H2,1H3,(H2,19,20,22). The Bertz CT molecular complexity index is 718. The Morgan fingerprint density at radius 3 is 2.35 bits per heavy atom. The molecule has 5 nitrogen and oxygen atoms in total. The van der Waals surface area contributed by atoms with E-state index in [1.165, 1.54) is 7.11 Å². The van der Waals surface area contributed by atoms with Gasteiger partial charge in [-0.2, -0.15) is 0 Å². The van der Waals surface area contributed by atoms with E-state index in [0.717, 1.165) is 17.7 Å². The molecular weight excluding hydrogens is 306 g/mol. The summed E-state index contributed by atoms with van der Waals surface area (Å²) in [4.78, 5) is 22.9. The van der Waals surface area contributed by atoms with Crippen LogP contribution in [0.2, 0.25) is 0 Å². The molecule has 120 valence electrons. The summed E-state index contributed by atoms with van der Waals surface area (Å²) in [5.74, 6) is -1.96. The number of urea groups is 1. The first-order valence-electron chi connectivity index (χ1n) is 6.67. The van der Waals surface area contributed by atoms with Gasteiger partial charge in [-0.1, -0.05) is 12.1 Å². The van der Waals surface area contributed by atoms with Crippen LogP contribution in [0.1, 0.15) is 5.56 Å². The van der Waals surface area contributed by atoms with Gasteiger partial charge in [0.2, 0.25) is 0 Å². The summed E-state index contributed by atoms with van der Waals surface area (Å²) >= 11 is 0. The molecule has 0 aliphatic heterocycles. The van der Waals surface area contributed by atoms with Gasteiger partial charge >= 0.3 is 12.0 Å². The van der Waals surface area contributed by atoms with Crippen molar-refractivity contribution in [1.29, 1.82) is 0 Å². The lowest BCUT2D eigenvalue weighted by Crippen LogP contribution is -2.20. The number of hydrogen-bond acceptors (Lipinski definition) is 3. The van der Waals surface area contributed by atoms with E-state index in [0.29, 0.717) is 11.8 Å². The van der Waals surface area contributed by atoms with Crippen LogP contribution in [-0.4, -0.2) is 19.1 Å². The number of hydrogen-bond donors (Lipinski definition) is 2. The fraction of sp³-hybridized carbons (Fsp3) is 0.125. The van der Waals surface area contributed by atoms with Crippen molar-refractivity contribution in [1.82, 2.24) is 0 Å². The Hall–Kier alpha value is -2.96. The highest BCUT2D eigenvalue weighted by Gasteiger charge is 2.08. The van der Waals surface area contributed by atoms with Crippen LogP contribution in [0.5, 0.6) is 0 Å². The number of amides is 2. The molecule has 0 saturated heterocycles. The maximum Gasteiger partial charge on any atom is 0.323 e. The lowest BCUT2D eigenvalue weighted by Gasteiger charge is -2.09. The molecule has 0 radical (unpaired) electrons. The van der Waals surface area contributed by atoms with E-state index in [1.54, 1.807) is 24.3 Å². The fourth-order valence-electron chi connectivity index (χ4n) is 1.82. The normalized spacial score (nSPS) is 10.0. The summed E-state index contributed by atoms with van der Waals surface area (Å²) in [5, 5.41) is 4.78. The summed E-state index contributed by atoms with van der Waals surface area (Å²) in [6, 6.07) is 8.69. The molecular formula is C16H14F2N2O3. The molecule has 2 aromatic rings. The van der Waals surface area contributed by atoms with Crippen LogP contribution in [0.3, 0.4) is 0 Å². The number of rotatable bonds is 4. The van der Waals surface area contributed by atoms with Crippen LogP contribution in [0.4, 0.5) is 25.0 Å². The Labute approximate surface area is 131 Å². The van der Waals surface area contributed by atoms with Gasteiger partial charge in [-0.15, -0.1) is 0 Å². The quantitative estimate of drug-likeness (QED) is 0.849. The maximum atomic E-state index is 13.4. The summed E-state index contributed by atoms with van der Waals surface area (Å²) in [6.07, 6.45) is 0.129. The summed E-state index contributed by atoms with van der Waals surface area (Å²) in [5.41, 5.74) is 1.05. The molecule has 2 amide bonds. The minimum absolute atomic E-state index is 0.129. The van der Waals surface area contributed by atoms with Gasteiger partial charge in [0.15, 0.2) is 0 Å². The Morgan fingerprint density at radius 1 is 1.04 bits per heavy atom. The highest BCUT2D eigenvalue weighted by atomic mass is 19.1. The third-order valence-electron chi connectivity index (χ3n) is 2.97. The van der Waals surface area contributed by atoms with Gasteiger partial charge in [-0.25, -0.2) is 13.6 Å². The van der Waals surface area contributed by atoms with E-state index < -0.39 is 17.7 Å². The molecule has 0 heterocycles. The summed E-state index contributed by atoms with van der Waals surface area (Å²) in [7, 11) is 1.30. The van der Waals surface area contributed by atoms with Gasteiger partial charge < -0.3 is 15.4 Å². The van der Waals surface area contributed by atoms with Crippen molar-refractivity contribution in [2.45, 2.75) is 6.42 Å². The van der Waals surface area contributed by atoms with Crippen LogP contribution < -0.4 is 10.6 Å². The lowest BCUT2D eigenvalue weighted by atomic mass is 10.1. The number of benzene rings is 2. The highest BCUT2D eigenvalue weighted by Crippen LogP contribution is 2.16. The monoisotopic (exact) mass is 320 g/mol. The maximum absolute atomic E-state index is 13.4. The van der Waals surface area contributed by atoms with E-state index >= 15 is 0 Å². The van der Waals surface area contributed by atoms with Crippen LogP contribution >= 0.6 is 0 Å². The van der Waals surface area contributed by atoms with Crippen LogP contribution in [0.25, 0.3) is 0 Å². The molecule has 0 aliphatic carbocycles. The van der Waals surface area contributed by atoms with Crippen molar-refractivity contribution in [3.05, 3.63) is 59.7 Å². The molecule has 0 bridgehead atoms. The zero-order chi connectivity index (χ0) is 16.8. The second kappa shape index (κ2) is 7.35. The SMILES string of the molecule is COC(=O)Cc1ccc(NC(=O)Nc2ccc(F)cc2F)cc1. The molecule has 0 atom stereocenters. The van der Waals surface area contributed by atoms with Gasteiger partial charge in [-0.05, 0) is 29.8 Å². The van der Waals surface area contributed by atoms with Crippen molar-refractivity contribution in [2.75, 3.05) is 17.7 Å². The van der Waals surface area contributed by atoms with E-state index in [-0.39, 0.29) is 18.1 Å². The molecule has 7 heteroatoms. The third-order valence-corrected chi connectivity index (χ3v) is 2.97. The minimum atomic E-state index is -0.867. The zero-order valence-electron chi connectivity index (χ0n) is 12.2. The molecule has 0 unspecified atom stereocenters. The number of carbonyl (C=O) groups excluding carboxylic acids is 2. The van der Waals surface area contributed by atoms with Crippen LogP contribution in [0, 0.1) is 11.6 Å². The molecule has 0 saturated carbocycles. The van der Waals surface area contributed by atoms with Crippen molar-refractivity contribution < 1.29 is 23.1 Å². The molecule has 0 aromatic heterocycles. The number of anilines is 2. The first-order valence-corrected chi connectivity index (χ1v) is 6.67. The van der Waals surface area contributed by atoms with E-state index in [1.807, 2.05) is 0 Å². The summed E-state index contributed by atoms with van der Waals surface area (Å²) in [6.45, 7) is 0. The first-order chi connectivity index (χ1) is 11.0. The molecule has 0 spiro atoms. The average Bonchev–Trinajstić information content (AvgIpc) is 2.52. The van der Waals surface area contributed by atoms with Crippen molar-refractivity contribution in [3.63, 3.8) is 0 Å². The highest BCUT2D eigenvalue weighted by molar-refractivity contribution is 5.99. The fourth-order valence-corrected chi connectivity index (χ4v) is 1.82. The van der Waals surface area contributed by atoms with Gasteiger partial charge in [-0.3, -0.25) is 4.79 Å². The smallest absolute Gasteiger partial charge is 0.323 e. The van der Waals surface area contributed by atoms with Crippen molar-refractivity contribution in [3.8, 4) is 0 Å². The Kier molecular flexibility index (Phi) is 5.24. The number of ether oxygens (including phenoxy) is 1. The molecule has 2 N–H and O–H groups in total.